The predicted molar refractivity (Wildman–Crippen MR) is 67.1 cm³/mol. The molecular formula is C12H18ClNO2. The topological polar surface area (TPSA) is 52.3 Å². The normalized spacial score (nSPS) is 9.00. The molecule has 0 spiro atoms. The molecule has 0 fully saturated rings. The lowest BCUT2D eigenvalue weighted by atomic mass is 10.2. The van der Waals surface area contributed by atoms with Crippen molar-refractivity contribution in [3.8, 4) is 5.75 Å². The summed E-state index contributed by atoms with van der Waals surface area (Å²) in [7, 11) is 1.50. The molecule has 16 heavy (non-hydrogen) atoms. The maximum absolute atomic E-state index is 10.7. The van der Waals surface area contributed by atoms with Crippen molar-refractivity contribution in [2.75, 3.05) is 13.7 Å². The Morgan fingerprint density at radius 3 is 2.38 bits per heavy atom. The van der Waals surface area contributed by atoms with E-state index in [9.17, 15) is 4.79 Å². The third kappa shape index (κ3) is 5.73. The largest absolute Gasteiger partial charge is 0.496 e. The van der Waals surface area contributed by atoms with E-state index in [-0.39, 0.29) is 0 Å². The number of benzene rings is 1. The van der Waals surface area contributed by atoms with Gasteiger partial charge in [0, 0.05) is 0 Å². The van der Waals surface area contributed by atoms with Gasteiger partial charge in [-0.3, -0.25) is 4.79 Å². The number of nitrogens with two attached hydrogens (primary N) is 1. The number of hydrogen-bond acceptors (Lipinski definition) is 3. The van der Waals surface area contributed by atoms with Crippen LogP contribution in [0, 0.1) is 0 Å². The van der Waals surface area contributed by atoms with Crippen LogP contribution < -0.4 is 10.5 Å². The van der Waals surface area contributed by atoms with Crippen LogP contribution in [-0.2, 0) is 0 Å². The van der Waals surface area contributed by atoms with Crippen LogP contribution in [0.1, 0.15) is 30.1 Å². The predicted octanol–water partition coefficient (Wildman–Crippen LogP) is 2.82. The Kier molecular flexibility index (Phi) is 8.58. The maximum Gasteiger partial charge on any atom is 0.256 e. The minimum absolute atomic E-state index is 0.400. The summed E-state index contributed by atoms with van der Waals surface area (Å²) in [6.45, 7) is 2.98. The van der Waals surface area contributed by atoms with E-state index in [0.29, 0.717) is 11.3 Å². The minimum Gasteiger partial charge on any atom is -0.496 e. The molecule has 1 aromatic rings. The highest BCUT2D eigenvalue weighted by atomic mass is 35.5. The molecule has 0 bridgehead atoms. The van der Waals surface area contributed by atoms with Crippen molar-refractivity contribution in [2.24, 2.45) is 5.73 Å². The summed E-state index contributed by atoms with van der Waals surface area (Å²) in [5.41, 5.74) is 5.54. The first-order valence-electron chi connectivity index (χ1n) is 5.20. The summed E-state index contributed by atoms with van der Waals surface area (Å²) in [5.74, 6) is 0.507. The van der Waals surface area contributed by atoms with Gasteiger partial charge in [-0.15, -0.1) is 0 Å². The van der Waals surface area contributed by atoms with Crippen LogP contribution in [0.5, 0.6) is 5.75 Å². The van der Waals surface area contributed by atoms with Crippen molar-refractivity contribution in [1.29, 1.82) is 0 Å². The number of halogens is 1. The Balaban J connectivity index is 0.000000385. The zero-order chi connectivity index (χ0) is 12.4. The van der Waals surface area contributed by atoms with E-state index in [4.69, 9.17) is 22.1 Å². The summed E-state index contributed by atoms with van der Waals surface area (Å²) < 4.78 is 4.90. The van der Waals surface area contributed by atoms with Crippen molar-refractivity contribution in [1.82, 2.24) is 0 Å². The summed E-state index contributed by atoms with van der Waals surface area (Å²) >= 11 is 5.27. The highest BCUT2D eigenvalue weighted by Gasteiger charge is 2.06. The smallest absolute Gasteiger partial charge is 0.256 e. The van der Waals surface area contributed by atoms with E-state index in [1.165, 1.54) is 20.0 Å². The Labute approximate surface area is 102 Å². The number of carbonyl (C=O) groups is 1. The van der Waals surface area contributed by atoms with E-state index in [1.54, 1.807) is 24.3 Å². The zero-order valence-electron chi connectivity index (χ0n) is 9.70. The number of para-hydroxylation sites is 1. The molecule has 1 aromatic carbocycles. The summed E-state index contributed by atoms with van der Waals surface area (Å²) in [4.78, 5) is 10.7. The van der Waals surface area contributed by atoms with Gasteiger partial charge in [-0.25, -0.2) is 0 Å². The molecule has 0 aliphatic rings. The molecule has 0 aromatic heterocycles. The lowest BCUT2D eigenvalue weighted by molar-refractivity contribution is 0.107. The molecule has 4 heteroatoms. The van der Waals surface area contributed by atoms with Crippen LogP contribution in [-0.4, -0.2) is 18.9 Å². The van der Waals surface area contributed by atoms with Crippen LogP contribution in [0.2, 0.25) is 0 Å². The average Bonchev–Trinajstić information content (AvgIpc) is 2.31. The molecule has 0 saturated heterocycles. The lowest BCUT2D eigenvalue weighted by Crippen LogP contribution is -1.95. The number of methoxy groups -OCH3 is 1. The van der Waals surface area contributed by atoms with Crippen LogP contribution in [0.4, 0.5) is 0 Å². The van der Waals surface area contributed by atoms with Gasteiger partial charge in [-0.2, -0.15) is 0 Å². The van der Waals surface area contributed by atoms with E-state index in [2.05, 4.69) is 6.92 Å². The van der Waals surface area contributed by atoms with Crippen molar-refractivity contribution >= 4 is 16.8 Å². The standard InChI is InChI=1S/C8H7ClO2.C4H11N/c1-11-7-5-3-2-4-6(7)8(9)10;1-2-3-4-5/h2-5H,1H3;2-5H2,1H3. The molecule has 0 radical (unpaired) electrons. The highest BCUT2D eigenvalue weighted by molar-refractivity contribution is 6.68. The van der Waals surface area contributed by atoms with E-state index >= 15 is 0 Å². The number of rotatable bonds is 4. The van der Waals surface area contributed by atoms with Gasteiger partial charge < -0.3 is 10.5 Å². The van der Waals surface area contributed by atoms with Crippen LogP contribution in [0.15, 0.2) is 24.3 Å². The number of hydrogen-bond donors (Lipinski definition) is 1. The van der Waals surface area contributed by atoms with Crippen molar-refractivity contribution < 1.29 is 9.53 Å². The van der Waals surface area contributed by atoms with Gasteiger partial charge in [0.15, 0.2) is 0 Å². The van der Waals surface area contributed by atoms with Crippen LogP contribution in [0.3, 0.4) is 0 Å². The average molecular weight is 244 g/mol. The third-order valence-corrected chi connectivity index (χ3v) is 2.08. The van der Waals surface area contributed by atoms with Crippen LogP contribution >= 0.6 is 11.6 Å². The molecule has 0 saturated carbocycles. The third-order valence-electron chi connectivity index (χ3n) is 1.88. The first kappa shape index (κ1) is 14.9. The van der Waals surface area contributed by atoms with Crippen molar-refractivity contribution in [3.05, 3.63) is 29.8 Å². The molecule has 0 amide bonds. The van der Waals surface area contributed by atoms with Gasteiger partial charge in [0.25, 0.3) is 5.24 Å². The molecule has 0 unspecified atom stereocenters. The number of ether oxygens (including phenoxy) is 1. The molecule has 3 nitrogen and oxygen atoms in total. The second kappa shape index (κ2) is 9.19. The molecule has 0 aliphatic heterocycles. The fraction of sp³-hybridized carbons (Fsp3) is 0.417. The Morgan fingerprint density at radius 2 is 2.06 bits per heavy atom. The van der Waals surface area contributed by atoms with Gasteiger partial charge in [0.2, 0.25) is 0 Å². The zero-order valence-corrected chi connectivity index (χ0v) is 10.5. The number of carbonyl (C=O) groups excluding carboxylic acids is 1. The minimum atomic E-state index is -0.498. The molecule has 0 heterocycles. The van der Waals surface area contributed by atoms with E-state index < -0.39 is 5.24 Å². The molecule has 2 N–H and O–H groups in total. The van der Waals surface area contributed by atoms with Gasteiger partial charge >= 0.3 is 0 Å². The first-order valence-corrected chi connectivity index (χ1v) is 5.58. The van der Waals surface area contributed by atoms with Crippen molar-refractivity contribution in [2.45, 2.75) is 19.8 Å². The monoisotopic (exact) mass is 243 g/mol. The second-order valence-corrected chi connectivity index (χ2v) is 3.46. The van der Waals surface area contributed by atoms with Gasteiger partial charge in [0.05, 0.1) is 12.7 Å². The highest BCUT2D eigenvalue weighted by Crippen LogP contribution is 2.18. The van der Waals surface area contributed by atoms with Gasteiger partial charge in [0.1, 0.15) is 5.75 Å². The molecule has 90 valence electrons. The molecular weight excluding hydrogens is 226 g/mol. The maximum atomic E-state index is 10.7. The summed E-state index contributed by atoms with van der Waals surface area (Å²) in [6, 6.07) is 6.82. The Bertz CT molecular complexity index is 314. The van der Waals surface area contributed by atoms with Crippen molar-refractivity contribution in [3.63, 3.8) is 0 Å². The summed E-state index contributed by atoms with van der Waals surface area (Å²) in [6.07, 6.45) is 2.39. The Morgan fingerprint density at radius 1 is 1.44 bits per heavy atom. The van der Waals surface area contributed by atoms with Gasteiger partial charge in [-0.05, 0) is 36.7 Å². The van der Waals surface area contributed by atoms with Gasteiger partial charge in [-0.1, -0.05) is 25.5 Å². The van der Waals surface area contributed by atoms with E-state index in [1.807, 2.05) is 0 Å². The Hall–Kier alpha value is -1.06. The molecule has 0 aliphatic carbocycles. The molecule has 1 rings (SSSR count). The van der Waals surface area contributed by atoms with Crippen LogP contribution in [0.25, 0.3) is 0 Å². The number of unbranched alkanes of at least 4 members (excludes halogenated alkanes) is 1. The second-order valence-electron chi connectivity index (χ2n) is 3.12. The SMILES string of the molecule is CCCCN.COc1ccccc1C(=O)Cl. The summed E-state index contributed by atoms with van der Waals surface area (Å²) in [5, 5.41) is -0.498. The quantitative estimate of drug-likeness (QED) is 0.828. The molecule has 0 atom stereocenters. The lowest BCUT2D eigenvalue weighted by Gasteiger charge is -2.01. The fourth-order valence-corrected chi connectivity index (χ4v) is 1.17. The van der Waals surface area contributed by atoms with E-state index in [0.717, 1.165) is 6.54 Å². The fourth-order valence-electron chi connectivity index (χ4n) is 1.01. The first-order chi connectivity index (χ1) is 7.67.